The number of rotatable bonds is 8. The van der Waals surface area contributed by atoms with Crippen molar-refractivity contribution in [3.05, 3.63) is 23.4 Å². The van der Waals surface area contributed by atoms with Crippen molar-refractivity contribution in [2.24, 2.45) is 5.92 Å². The predicted octanol–water partition coefficient (Wildman–Crippen LogP) is 2.36. The van der Waals surface area contributed by atoms with Crippen LogP contribution in [-0.4, -0.2) is 38.3 Å². The molecule has 1 aliphatic carbocycles. The van der Waals surface area contributed by atoms with Crippen LogP contribution in [0.2, 0.25) is 0 Å². The van der Waals surface area contributed by atoms with Gasteiger partial charge in [0.25, 0.3) is 0 Å². The summed E-state index contributed by atoms with van der Waals surface area (Å²) >= 11 is 0. The topological polar surface area (TPSA) is 37.4 Å². The number of hydrogen-bond acceptors (Lipinski definition) is 4. The molecule has 4 nitrogen and oxygen atoms in total. The van der Waals surface area contributed by atoms with E-state index in [1.807, 2.05) is 7.05 Å². The third-order valence-electron chi connectivity index (χ3n) is 4.01. The van der Waals surface area contributed by atoms with Crippen molar-refractivity contribution < 1.29 is 4.74 Å². The maximum atomic E-state index is 5.27. The highest BCUT2D eigenvalue weighted by Gasteiger charge is 2.32. The van der Waals surface area contributed by atoms with E-state index in [4.69, 9.17) is 9.72 Å². The summed E-state index contributed by atoms with van der Waals surface area (Å²) in [6, 6.07) is 4.90. The predicted molar refractivity (Wildman–Crippen MR) is 83.1 cm³/mol. The normalized spacial score (nSPS) is 16.2. The van der Waals surface area contributed by atoms with Gasteiger partial charge in [-0.25, -0.2) is 4.98 Å². The lowest BCUT2D eigenvalue weighted by Gasteiger charge is -2.31. The summed E-state index contributed by atoms with van der Waals surface area (Å²) in [5.74, 6) is 1.91. The monoisotopic (exact) mass is 277 g/mol. The van der Waals surface area contributed by atoms with E-state index in [1.54, 1.807) is 7.11 Å². The summed E-state index contributed by atoms with van der Waals surface area (Å²) in [5, 5.41) is 3.21. The first-order valence-corrected chi connectivity index (χ1v) is 7.53. The zero-order valence-corrected chi connectivity index (χ0v) is 13.1. The molecule has 112 valence electrons. The lowest BCUT2D eigenvalue weighted by molar-refractivity contribution is 0.202. The SMILES string of the molecule is CNCc1cc(C)nc(N(CCOC)C(C)C2CC2)c1. The van der Waals surface area contributed by atoms with Crippen LogP contribution < -0.4 is 10.2 Å². The minimum Gasteiger partial charge on any atom is -0.383 e. The molecule has 4 heteroatoms. The van der Waals surface area contributed by atoms with E-state index in [0.717, 1.165) is 37.1 Å². The Hall–Kier alpha value is -1.13. The van der Waals surface area contributed by atoms with Gasteiger partial charge in [-0.15, -0.1) is 0 Å². The minimum atomic E-state index is 0.543. The van der Waals surface area contributed by atoms with E-state index in [9.17, 15) is 0 Å². The fourth-order valence-electron chi connectivity index (χ4n) is 2.72. The number of hydrogen-bond donors (Lipinski definition) is 1. The average Bonchev–Trinajstić information content (AvgIpc) is 3.23. The van der Waals surface area contributed by atoms with E-state index >= 15 is 0 Å². The fourth-order valence-corrected chi connectivity index (χ4v) is 2.72. The number of ether oxygens (including phenoxy) is 1. The molecule has 1 aromatic rings. The number of aromatic nitrogens is 1. The molecule has 1 N–H and O–H groups in total. The van der Waals surface area contributed by atoms with Crippen LogP contribution in [-0.2, 0) is 11.3 Å². The van der Waals surface area contributed by atoms with E-state index in [0.29, 0.717) is 6.04 Å². The van der Waals surface area contributed by atoms with Gasteiger partial charge in [-0.2, -0.15) is 0 Å². The standard InChI is InChI=1S/C16H27N3O/c1-12-9-14(11-17-3)10-16(18-12)19(7-8-20-4)13(2)15-5-6-15/h9-10,13,15,17H,5-8,11H2,1-4H3. The Kier molecular flexibility index (Phi) is 5.38. The first kappa shape index (κ1) is 15.3. The highest BCUT2D eigenvalue weighted by Crippen LogP contribution is 2.36. The Balaban J connectivity index is 2.21. The molecule has 20 heavy (non-hydrogen) atoms. The number of aryl methyl sites for hydroxylation is 1. The molecule has 1 unspecified atom stereocenters. The van der Waals surface area contributed by atoms with Gasteiger partial charge in [0.1, 0.15) is 5.82 Å². The summed E-state index contributed by atoms with van der Waals surface area (Å²) in [6.07, 6.45) is 2.69. The molecule has 0 saturated heterocycles. The molecule has 1 heterocycles. The highest BCUT2D eigenvalue weighted by atomic mass is 16.5. The van der Waals surface area contributed by atoms with Gasteiger partial charge in [0.15, 0.2) is 0 Å². The van der Waals surface area contributed by atoms with Crippen LogP contribution in [0.1, 0.15) is 31.0 Å². The van der Waals surface area contributed by atoms with Crippen molar-refractivity contribution in [1.82, 2.24) is 10.3 Å². The van der Waals surface area contributed by atoms with Crippen molar-refractivity contribution in [1.29, 1.82) is 0 Å². The Morgan fingerprint density at radius 1 is 1.45 bits per heavy atom. The van der Waals surface area contributed by atoms with Crippen LogP contribution in [0, 0.1) is 12.8 Å². The first-order chi connectivity index (χ1) is 9.65. The van der Waals surface area contributed by atoms with Crippen molar-refractivity contribution in [3.63, 3.8) is 0 Å². The van der Waals surface area contributed by atoms with Crippen LogP contribution in [0.5, 0.6) is 0 Å². The van der Waals surface area contributed by atoms with Gasteiger partial charge in [-0.1, -0.05) is 0 Å². The number of nitrogens with zero attached hydrogens (tertiary/aromatic N) is 2. The molecule has 1 saturated carbocycles. The molecule has 0 aromatic carbocycles. The molecule has 0 spiro atoms. The molecule has 2 rings (SSSR count). The van der Waals surface area contributed by atoms with Gasteiger partial charge >= 0.3 is 0 Å². The van der Waals surface area contributed by atoms with Crippen molar-refractivity contribution in [2.45, 2.75) is 39.3 Å². The lowest BCUT2D eigenvalue weighted by atomic mass is 10.1. The minimum absolute atomic E-state index is 0.543. The average molecular weight is 277 g/mol. The maximum absolute atomic E-state index is 5.27. The van der Waals surface area contributed by atoms with Crippen LogP contribution in [0.3, 0.4) is 0 Å². The van der Waals surface area contributed by atoms with Crippen LogP contribution >= 0.6 is 0 Å². The van der Waals surface area contributed by atoms with Gasteiger partial charge in [-0.05, 0) is 57.4 Å². The van der Waals surface area contributed by atoms with E-state index in [1.165, 1.54) is 18.4 Å². The molecular formula is C16H27N3O. The summed E-state index contributed by atoms with van der Waals surface area (Å²) in [5.41, 5.74) is 2.37. The summed E-state index contributed by atoms with van der Waals surface area (Å²) < 4.78 is 5.27. The fraction of sp³-hybridized carbons (Fsp3) is 0.688. The van der Waals surface area contributed by atoms with Crippen LogP contribution in [0.4, 0.5) is 5.82 Å². The van der Waals surface area contributed by atoms with Crippen molar-refractivity contribution in [2.75, 3.05) is 32.2 Å². The molecule has 1 aromatic heterocycles. The smallest absolute Gasteiger partial charge is 0.129 e. The zero-order valence-electron chi connectivity index (χ0n) is 13.1. The molecule has 0 amide bonds. The Morgan fingerprint density at radius 3 is 2.80 bits per heavy atom. The second-order valence-corrected chi connectivity index (χ2v) is 5.77. The van der Waals surface area contributed by atoms with E-state index in [2.05, 4.69) is 36.2 Å². The van der Waals surface area contributed by atoms with Gasteiger partial charge in [-0.3, -0.25) is 0 Å². The Labute approximate surface area is 122 Å². The second kappa shape index (κ2) is 7.04. The number of methoxy groups -OCH3 is 1. The maximum Gasteiger partial charge on any atom is 0.129 e. The largest absolute Gasteiger partial charge is 0.383 e. The van der Waals surface area contributed by atoms with Crippen LogP contribution in [0.25, 0.3) is 0 Å². The molecule has 0 radical (unpaired) electrons. The van der Waals surface area contributed by atoms with Gasteiger partial charge in [0.05, 0.1) is 6.61 Å². The molecule has 1 aliphatic rings. The molecule has 1 fully saturated rings. The van der Waals surface area contributed by atoms with Gasteiger partial charge < -0.3 is 15.0 Å². The van der Waals surface area contributed by atoms with Gasteiger partial charge in [0.2, 0.25) is 0 Å². The van der Waals surface area contributed by atoms with Crippen molar-refractivity contribution >= 4 is 5.82 Å². The zero-order chi connectivity index (χ0) is 14.5. The summed E-state index contributed by atoms with van der Waals surface area (Å²) in [4.78, 5) is 7.15. The quantitative estimate of drug-likeness (QED) is 0.791. The van der Waals surface area contributed by atoms with Crippen molar-refractivity contribution in [3.8, 4) is 0 Å². The highest BCUT2D eigenvalue weighted by molar-refractivity contribution is 5.44. The number of anilines is 1. The third kappa shape index (κ3) is 3.93. The lowest BCUT2D eigenvalue weighted by Crippen LogP contribution is -2.38. The summed E-state index contributed by atoms with van der Waals surface area (Å²) in [7, 11) is 3.74. The van der Waals surface area contributed by atoms with E-state index in [-0.39, 0.29) is 0 Å². The molecule has 0 bridgehead atoms. The molecule has 0 aliphatic heterocycles. The Bertz CT molecular complexity index is 432. The molecular weight excluding hydrogens is 250 g/mol. The Morgan fingerprint density at radius 2 is 2.20 bits per heavy atom. The number of pyridine rings is 1. The third-order valence-corrected chi connectivity index (χ3v) is 4.01. The number of nitrogens with one attached hydrogen (secondary N) is 1. The van der Waals surface area contributed by atoms with E-state index < -0.39 is 0 Å². The first-order valence-electron chi connectivity index (χ1n) is 7.53. The second-order valence-electron chi connectivity index (χ2n) is 5.77. The molecule has 1 atom stereocenters. The van der Waals surface area contributed by atoms with Crippen LogP contribution in [0.15, 0.2) is 12.1 Å². The summed E-state index contributed by atoms with van der Waals surface area (Å²) in [6.45, 7) is 6.91. The van der Waals surface area contributed by atoms with Gasteiger partial charge in [0, 0.05) is 31.9 Å².